The number of piperidine rings is 1. The summed E-state index contributed by atoms with van der Waals surface area (Å²) in [6.07, 6.45) is 7.33. The van der Waals surface area contributed by atoms with Crippen molar-refractivity contribution < 1.29 is 0 Å². The van der Waals surface area contributed by atoms with Crippen molar-refractivity contribution in [1.82, 2.24) is 20.0 Å². The first-order chi connectivity index (χ1) is 9.24. The van der Waals surface area contributed by atoms with Crippen LogP contribution in [0.4, 0.5) is 0 Å². The summed E-state index contributed by atoms with van der Waals surface area (Å²) in [5.74, 6) is 0.897. The third-order valence-corrected chi connectivity index (χ3v) is 5.35. The molecule has 2 fully saturated rings. The van der Waals surface area contributed by atoms with Gasteiger partial charge in [-0.1, -0.05) is 0 Å². The Bertz CT molecular complexity index is 403. The van der Waals surface area contributed by atoms with Crippen molar-refractivity contribution in [2.24, 2.45) is 13.0 Å². The number of nitrogens with zero attached hydrogens (tertiary/aromatic N) is 3. The Morgan fingerprint density at radius 2 is 2.10 bits per heavy atom. The zero-order valence-electron chi connectivity index (χ0n) is 12.0. The maximum Gasteiger partial charge on any atom is 0.0663 e. The van der Waals surface area contributed by atoms with E-state index in [1.165, 1.54) is 51.0 Å². The van der Waals surface area contributed by atoms with Gasteiger partial charge in [-0.15, -0.1) is 12.4 Å². The van der Waals surface area contributed by atoms with Gasteiger partial charge in [0.2, 0.25) is 0 Å². The Balaban J connectivity index is 0.00000147. The largest absolute Gasteiger partial charge is 0.314 e. The molecule has 2 aliphatic rings. The molecule has 3 rings (SSSR count). The monoisotopic (exact) mass is 362 g/mol. The van der Waals surface area contributed by atoms with Gasteiger partial charge in [-0.05, 0) is 67.2 Å². The van der Waals surface area contributed by atoms with Crippen LogP contribution in [0.2, 0.25) is 0 Å². The highest BCUT2D eigenvalue weighted by atomic mass is 79.9. The van der Waals surface area contributed by atoms with Crippen LogP contribution >= 0.6 is 28.3 Å². The number of aryl methyl sites for hydroxylation is 1. The third kappa shape index (κ3) is 3.56. The van der Waals surface area contributed by atoms with Gasteiger partial charge in [0.1, 0.15) is 0 Å². The average molecular weight is 364 g/mol. The Labute approximate surface area is 135 Å². The van der Waals surface area contributed by atoms with Crippen molar-refractivity contribution in [2.45, 2.75) is 38.3 Å². The van der Waals surface area contributed by atoms with Crippen molar-refractivity contribution in [3.05, 3.63) is 16.4 Å². The highest BCUT2D eigenvalue weighted by molar-refractivity contribution is 9.10. The first-order valence-corrected chi connectivity index (χ1v) is 8.15. The van der Waals surface area contributed by atoms with E-state index < -0.39 is 0 Å². The molecule has 1 atom stereocenters. The summed E-state index contributed by atoms with van der Waals surface area (Å²) >= 11 is 3.59. The van der Waals surface area contributed by atoms with Gasteiger partial charge in [-0.25, -0.2) is 0 Å². The van der Waals surface area contributed by atoms with E-state index in [-0.39, 0.29) is 12.4 Å². The summed E-state index contributed by atoms with van der Waals surface area (Å²) in [5.41, 5.74) is 1.29. The second-order valence-electron chi connectivity index (χ2n) is 5.88. The molecule has 20 heavy (non-hydrogen) atoms. The molecule has 2 aliphatic heterocycles. The van der Waals surface area contributed by atoms with Crippen LogP contribution in [0, 0.1) is 5.92 Å². The van der Waals surface area contributed by atoms with E-state index in [1.807, 2.05) is 17.9 Å². The quantitative estimate of drug-likeness (QED) is 0.896. The van der Waals surface area contributed by atoms with Gasteiger partial charge in [0, 0.05) is 19.6 Å². The fraction of sp³-hybridized carbons (Fsp3) is 0.786. The van der Waals surface area contributed by atoms with E-state index >= 15 is 0 Å². The van der Waals surface area contributed by atoms with Crippen molar-refractivity contribution in [2.75, 3.05) is 19.6 Å². The molecule has 1 unspecified atom stereocenters. The van der Waals surface area contributed by atoms with E-state index in [4.69, 9.17) is 0 Å². The van der Waals surface area contributed by atoms with E-state index in [0.717, 1.165) is 23.0 Å². The molecule has 6 heteroatoms. The minimum Gasteiger partial charge on any atom is -0.314 e. The van der Waals surface area contributed by atoms with Crippen LogP contribution in [0.3, 0.4) is 0 Å². The normalized spacial score (nSPS) is 24.8. The van der Waals surface area contributed by atoms with Crippen molar-refractivity contribution in [1.29, 1.82) is 0 Å². The number of halogens is 2. The molecule has 0 aliphatic carbocycles. The molecule has 0 saturated carbocycles. The number of hydrogen-bond donors (Lipinski definition) is 1. The average Bonchev–Trinajstić information content (AvgIpc) is 3.05. The van der Waals surface area contributed by atoms with Crippen molar-refractivity contribution >= 4 is 28.3 Å². The summed E-state index contributed by atoms with van der Waals surface area (Å²) in [6, 6.07) is 0.797. The van der Waals surface area contributed by atoms with E-state index in [9.17, 15) is 0 Å². The van der Waals surface area contributed by atoms with Crippen LogP contribution in [0.25, 0.3) is 0 Å². The molecule has 1 N–H and O–H groups in total. The molecule has 4 nitrogen and oxygen atoms in total. The van der Waals surface area contributed by atoms with Crippen LogP contribution in [0.5, 0.6) is 0 Å². The standard InChI is InChI=1S/C14H23BrN4.ClH/c1-18-14(12(15)9-17-18)10-19-7-4-11(5-8-19)13-3-2-6-16-13;/h9,11,13,16H,2-8,10H2,1H3;1H. The lowest BCUT2D eigenvalue weighted by atomic mass is 9.88. The predicted molar refractivity (Wildman–Crippen MR) is 87.2 cm³/mol. The predicted octanol–water partition coefficient (Wildman–Crippen LogP) is 2.57. The molecule has 1 aromatic rings. The maximum absolute atomic E-state index is 4.29. The fourth-order valence-corrected chi connectivity index (χ4v) is 3.93. The molecule has 0 aromatic carbocycles. The summed E-state index contributed by atoms with van der Waals surface area (Å²) in [6.45, 7) is 4.69. The summed E-state index contributed by atoms with van der Waals surface area (Å²) in [7, 11) is 2.02. The Morgan fingerprint density at radius 1 is 1.35 bits per heavy atom. The topological polar surface area (TPSA) is 33.1 Å². The van der Waals surface area contributed by atoms with Gasteiger partial charge in [0.25, 0.3) is 0 Å². The van der Waals surface area contributed by atoms with Crippen molar-refractivity contribution in [3.63, 3.8) is 0 Å². The number of rotatable bonds is 3. The molecule has 0 spiro atoms. The lowest BCUT2D eigenvalue weighted by molar-refractivity contribution is 0.154. The highest BCUT2D eigenvalue weighted by Gasteiger charge is 2.28. The SMILES string of the molecule is Cl.Cn1ncc(Br)c1CN1CCC(C2CCCN2)CC1. The van der Waals surface area contributed by atoms with Crippen molar-refractivity contribution in [3.8, 4) is 0 Å². The number of nitrogens with one attached hydrogen (secondary N) is 1. The molecule has 0 bridgehead atoms. The third-order valence-electron chi connectivity index (χ3n) is 4.68. The summed E-state index contributed by atoms with van der Waals surface area (Å²) in [5, 5.41) is 7.96. The molecular weight excluding hydrogens is 340 g/mol. The van der Waals surface area contributed by atoms with Gasteiger partial charge in [-0.3, -0.25) is 9.58 Å². The highest BCUT2D eigenvalue weighted by Crippen LogP contribution is 2.27. The molecule has 0 amide bonds. The number of hydrogen-bond acceptors (Lipinski definition) is 3. The Morgan fingerprint density at radius 3 is 2.65 bits per heavy atom. The summed E-state index contributed by atoms with van der Waals surface area (Å²) in [4.78, 5) is 2.56. The number of likely N-dealkylation sites (tertiary alicyclic amines) is 1. The molecule has 0 radical (unpaired) electrons. The van der Waals surface area contributed by atoms with Crippen LogP contribution in [0.1, 0.15) is 31.4 Å². The fourth-order valence-electron chi connectivity index (χ4n) is 3.45. The zero-order valence-corrected chi connectivity index (χ0v) is 14.4. The number of aromatic nitrogens is 2. The van der Waals surface area contributed by atoms with Crippen LogP contribution in [-0.4, -0.2) is 40.4 Å². The summed E-state index contributed by atoms with van der Waals surface area (Å²) < 4.78 is 3.11. The second-order valence-corrected chi connectivity index (χ2v) is 6.73. The van der Waals surface area contributed by atoms with Gasteiger partial charge in [0.15, 0.2) is 0 Å². The Hall–Kier alpha value is -0.100. The van der Waals surface area contributed by atoms with Gasteiger partial charge < -0.3 is 5.32 Å². The molecule has 3 heterocycles. The van der Waals surface area contributed by atoms with Crippen LogP contribution in [0.15, 0.2) is 10.7 Å². The lowest BCUT2D eigenvalue weighted by Crippen LogP contribution is -2.40. The second kappa shape index (κ2) is 7.25. The lowest BCUT2D eigenvalue weighted by Gasteiger charge is -2.34. The van der Waals surface area contributed by atoms with Gasteiger partial charge in [0.05, 0.1) is 16.4 Å². The van der Waals surface area contributed by atoms with Crippen LogP contribution in [-0.2, 0) is 13.6 Å². The molecule has 2 saturated heterocycles. The zero-order chi connectivity index (χ0) is 13.2. The molecular formula is C14H24BrClN4. The van der Waals surface area contributed by atoms with E-state index in [0.29, 0.717) is 0 Å². The van der Waals surface area contributed by atoms with E-state index in [2.05, 4.69) is 31.2 Å². The first-order valence-electron chi connectivity index (χ1n) is 7.36. The Kier molecular flexibility index (Phi) is 5.90. The first kappa shape index (κ1) is 16.3. The van der Waals surface area contributed by atoms with Gasteiger partial charge in [-0.2, -0.15) is 5.10 Å². The van der Waals surface area contributed by atoms with Crippen LogP contribution < -0.4 is 5.32 Å². The van der Waals surface area contributed by atoms with E-state index in [1.54, 1.807) is 0 Å². The molecule has 114 valence electrons. The minimum atomic E-state index is 0. The molecule has 1 aromatic heterocycles. The smallest absolute Gasteiger partial charge is 0.0663 e. The van der Waals surface area contributed by atoms with Gasteiger partial charge >= 0.3 is 0 Å². The minimum absolute atomic E-state index is 0. The maximum atomic E-state index is 4.29.